The second-order valence-electron chi connectivity index (χ2n) is 3.57. The van der Waals surface area contributed by atoms with Crippen molar-refractivity contribution < 1.29 is 48.5 Å². The number of carboxylic acid groups (broad SMARTS) is 1. The van der Waals surface area contributed by atoms with Gasteiger partial charge < -0.3 is 29.8 Å². The van der Waals surface area contributed by atoms with Crippen molar-refractivity contribution in [3.8, 4) is 0 Å². The van der Waals surface area contributed by atoms with E-state index >= 15 is 0 Å². The number of hydrogen-bond acceptors (Lipinski definition) is 5. The molecule has 0 aromatic heterocycles. The summed E-state index contributed by atoms with van der Waals surface area (Å²) in [4.78, 5) is 56.0. The number of nitrogens with one attached hydrogen (secondary N) is 1. The van der Waals surface area contributed by atoms with Crippen LogP contribution in [0.15, 0.2) is 0 Å². The Bertz CT molecular complexity index is 427. The Labute approximate surface area is 106 Å². The van der Waals surface area contributed by atoms with Gasteiger partial charge in [-0.1, -0.05) is 0 Å². The summed E-state index contributed by atoms with van der Waals surface area (Å²) in [5.74, 6) is -1.04. The van der Waals surface area contributed by atoms with E-state index in [1.54, 1.807) is 0 Å². The number of imide groups is 1. The van der Waals surface area contributed by atoms with Gasteiger partial charge in [0.1, 0.15) is 0 Å². The van der Waals surface area contributed by atoms with Crippen molar-refractivity contribution in [2.75, 3.05) is 0 Å². The molecule has 0 bridgehead atoms. The molecular weight excluding hydrogens is 308 g/mol. The van der Waals surface area contributed by atoms with E-state index < -0.39 is 51.5 Å². The largest absolute Gasteiger partial charge is 0.465 e. The van der Waals surface area contributed by atoms with Gasteiger partial charge in [0.05, 0.1) is 0 Å². The van der Waals surface area contributed by atoms with Crippen LogP contribution in [0, 0.1) is 0 Å². The van der Waals surface area contributed by atoms with Gasteiger partial charge in [0.25, 0.3) is 5.08 Å². The summed E-state index contributed by atoms with van der Waals surface area (Å²) >= 11 is 0. The van der Waals surface area contributed by atoms with Crippen LogP contribution in [-0.2, 0) is 13.9 Å². The maximum atomic E-state index is 10.9. The Balaban J connectivity index is 4.74. The van der Waals surface area contributed by atoms with Gasteiger partial charge in [0, 0.05) is 12.8 Å². The standard InChI is InChI=1S/C6H13NO10P2/c8-4(7-5(9)10)2-1-3-6(11,18(12,13)14)19(15,16)17/h11H,1-3H2,(H,7,8)(H,9,10)(H2,12,13,14)(H2,15,16,17). The second-order valence-corrected chi connectivity index (χ2v) is 7.58. The van der Waals surface area contributed by atoms with Gasteiger partial charge in [-0.05, 0) is 6.42 Å². The summed E-state index contributed by atoms with van der Waals surface area (Å²) in [6, 6.07) is 0. The zero-order chi connectivity index (χ0) is 15.5. The Morgan fingerprint density at radius 3 is 1.79 bits per heavy atom. The lowest BCUT2D eigenvalue weighted by molar-refractivity contribution is -0.120. The molecule has 0 aromatic carbocycles. The molecule has 0 fully saturated rings. The Morgan fingerprint density at radius 2 is 1.47 bits per heavy atom. The lowest BCUT2D eigenvalue weighted by Crippen LogP contribution is -2.31. The molecule has 0 heterocycles. The molecule has 0 spiro atoms. The highest BCUT2D eigenvalue weighted by Crippen LogP contribution is 2.69. The summed E-state index contributed by atoms with van der Waals surface area (Å²) in [5.41, 5.74) is 0. The van der Waals surface area contributed by atoms with E-state index in [9.17, 15) is 23.8 Å². The molecule has 0 aromatic rings. The van der Waals surface area contributed by atoms with Crippen LogP contribution in [0.2, 0.25) is 0 Å². The third-order valence-electron chi connectivity index (χ3n) is 2.10. The van der Waals surface area contributed by atoms with Crippen molar-refractivity contribution in [3.63, 3.8) is 0 Å². The third kappa shape index (κ3) is 5.00. The highest BCUT2D eigenvalue weighted by atomic mass is 31.2. The molecule has 0 aliphatic rings. The topological polar surface area (TPSA) is 202 Å². The number of carbonyl (C=O) groups excluding carboxylic acids is 1. The maximum absolute atomic E-state index is 10.9. The van der Waals surface area contributed by atoms with Crippen molar-refractivity contribution in [1.29, 1.82) is 0 Å². The zero-order valence-electron chi connectivity index (χ0n) is 9.33. The monoisotopic (exact) mass is 321 g/mol. The second kappa shape index (κ2) is 6.10. The molecule has 11 nitrogen and oxygen atoms in total. The average molecular weight is 321 g/mol. The lowest BCUT2D eigenvalue weighted by atomic mass is 10.2. The molecule has 0 aliphatic carbocycles. The molecule has 0 radical (unpaired) electrons. The van der Waals surface area contributed by atoms with Gasteiger partial charge in [-0.3, -0.25) is 19.2 Å². The molecule has 0 unspecified atom stereocenters. The minimum absolute atomic E-state index is 0.536. The van der Waals surface area contributed by atoms with Crippen molar-refractivity contribution in [1.82, 2.24) is 5.32 Å². The maximum Gasteiger partial charge on any atom is 0.411 e. The molecule has 2 amide bonds. The van der Waals surface area contributed by atoms with Gasteiger partial charge in [-0.25, -0.2) is 4.79 Å². The molecule has 13 heteroatoms. The fourth-order valence-electron chi connectivity index (χ4n) is 1.13. The van der Waals surface area contributed by atoms with Crippen LogP contribution in [0.3, 0.4) is 0 Å². The lowest BCUT2D eigenvalue weighted by Gasteiger charge is -2.28. The number of hydrogen-bond donors (Lipinski definition) is 7. The highest BCUT2D eigenvalue weighted by Gasteiger charge is 2.58. The van der Waals surface area contributed by atoms with E-state index in [1.165, 1.54) is 5.32 Å². The molecule has 19 heavy (non-hydrogen) atoms. The van der Waals surface area contributed by atoms with Gasteiger partial charge in [0.15, 0.2) is 0 Å². The summed E-state index contributed by atoms with van der Waals surface area (Å²) in [7, 11) is -11.1. The fraction of sp³-hybridized carbons (Fsp3) is 0.667. The first kappa shape index (κ1) is 18.2. The van der Waals surface area contributed by atoms with Crippen LogP contribution in [0.1, 0.15) is 19.3 Å². The minimum Gasteiger partial charge on any atom is -0.465 e. The van der Waals surface area contributed by atoms with E-state index in [2.05, 4.69) is 0 Å². The molecule has 0 aliphatic heterocycles. The summed E-state index contributed by atoms with van der Waals surface area (Å²) in [6.07, 6.45) is -3.85. The third-order valence-corrected chi connectivity index (χ3v) is 5.97. The van der Waals surface area contributed by atoms with Crippen molar-refractivity contribution in [2.24, 2.45) is 0 Å². The fourth-order valence-corrected chi connectivity index (χ4v) is 3.39. The van der Waals surface area contributed by atoms with Crippen LogP contribution in [0.5, 0.6) is 0 Å². The van der Waals surface area contributed by atoms with Gasteiger partial charge in [-0.2, -0.15) is 0 Å². The molecule has 0 rings (SSSR count). The zero-order valence-corrected chi connectivity index (χ0v) is 11.1. The first-order valence-corrected chi connectivity index (χ1v) is 7.90. The predicted molar refractivity (Wildman–Crippen MR) is 59.1 cm³/mol. The van der Waals surface area contributed by atoms with Crippen molar-refractivity contribution in [3.05, 3.63) is 0 Å². The van der Waals surface area contributed by atoms with Crippen LogP contribution in [-0.4, -0.2) is 46.9 Å². The quantitative estimate of drug-likeness (QED) is 0.296. The molecule has 0 atom stereocenters. The van der Waals surface area contributed by atoms with Crippen molar-refractivity contribution in [2.45, 2.75) is 24.3 Å². The van der Waals surface area contributed by atoms with E-state index in [1.807, 2.05) is 0 Å². The number of aliphatic hydroxyl groups is 1. The van der Waals surface area contributed by atoms with Crippen LogP contribution < -0.4 is 5.32 Å². The summed E-state index contributed by atoms with van der Waals surface area (Å²) < 4.78 is 21.8. The summed E-state index contributed by atoms with van der Waals surface area (Å²) in [5, 5.41) is 15.4. The predicted octanol–water partition coefficient (Wildman–Crippen LogP) is -1.05. The molecule has 112 valence electrons. The normalized spacial score (nSPS) is 13.1. The van der Waals surface area contributed by atoms with Crippen molar-refractivity contribution >= 4 is 27.2 Å². The van der Waals surface area contributed by atoms with E-state index in [0.717, 1.165) is 0 Å². The molecular formula is C6H13NO10P2. The number of amides is 2. The van der Waals surface area contributed by atoms with Crippen LogP contribution in [0.25, 0.3) is 0 Å². The number of carbonyl (C=O) groups is 2. The van der Waals surface area contributed by atoms with E-state index in [4.69, 9.17) is 24.7 Å². The Kier molecular flexibility index (Phi) is 5.84. The molecule has 0 saturated heterocycles. The minimum atomic E-state index is -5.55. The SMILES string of the molecule is O=C(O)NC(=O)CCCC(O)(P(=O)(O)O)P(=O)(O)O. The number of rotatable bonds is 6. The van der Waals surface area contributed by atoms with Crippen LogP contribution in [0.4, 0.5) is 4.79 Å². The van der Waals surface area contributed by atoms with Crippen LogP contribution >= 0.6 is 15.2 Å². The molecule has 7 N–H and O–H groups in total. The van der Waals surface area contributed by atoms with E-state index in [0.29, 0.717) is 0 Å². The Hall–Kier alpha value is -0.800. The Morgan fingerprint density at radius 1 is 1.05 bits per heavy atom. The average Bonchev–Trinajstić information content (AvgIpc) is 2.12. The smallest absolute Gasteiger partial charge is 0.411 e. The van der Waals surface area contributed by atoms with Gasteiger partial charge in [0.2, 0.25) is 5.91 Å². The first-order valence-electron chi connectivity index (χ1n) is 4.67. The molecule has 0 saturated carbocycles. The first-order chi connectivity index (χ1) is 8.31. The van der Waals surface area contributed by atoms with Gasteiger partial charge >= 0.3 is 21.3 Å². The highest BCUT2D eigenvalue weighted by molar-refractivity contribution is 7.72. The van der Waals surface area contributed by atoms with E-state index in [-0.39, 0.29) is 0 Å². The summed E-state index contributed by atoms with van der Waals surface area (Å²) in [6.45, 7) is 0. The van der Waals surface area contributed by atoms with Gasteiger partial charge in [-0.15, -0.1) is 0 Å².